The van der Waals surface area contributed by atoms with E-state index in [9.17, 15) is 9.59 Å². The lowest BCUT2D eigenvalue weighted by molar-refractivity contribution is 0.0557. The molecule has 6 nitrogen and oxygen atoms in total. The summed E-state index contributed by atoms with van der Waals surface area (Å²) in [5.74, 6) is -1.19. The SMILES string of the molecule is COC(=O)c1coc(-c2ccccn2)c1C(=O)OC. The second-order valence-electron chi connectivity index (χ2n) is 3.55. The van der Waals surface area contributed by atoms with Crippen LogP contribution in [0.4, 0.5) is 0 Å². The van der Waals surface area contributed by atoms with Gasteiger partial charge in [0.1, 0.15) is 23.1 Å². The van der Waals surface area contributed by atoms with E-state index < -0.39 is 11.9 Å². The molecule has 0 bridgehead atoms. The number of furan rings is 1. The number of nitrogens with zero attached hydrogens (tertiary/aromatic N) is 1. The quantitative estimate of drug-likeness (QED) is 0.785. The molecular weight excluding hydrogens is 250 g/mol. The highest BCUT2D eigenvalue weighted by Gasteiger charge is 2.27. The maximum Gasteiger partial charge on any atom is 0.342 e. The summed E-state index contributed by atoms with van der Waals surface area (Å²) in [6.45, 7) is 0. The van der Waals surface area contributed by atoms with Gasteiger partial charge in [0.15, 0.2) is 5.76 Å². The Morgan fingerprint density at radius 2 is 1.89 bits per heavy atom. The second kappa shape index (κ2) is 5.34. The van der Waals surface area contributed by atoms with Crippen molar-refractivity contribution in [1.29, 1.82) is 0 Å². The molecule has 0 aliphatic heterocycles. The maximum atomic E-state index is 11.8. The van der Waals surface area contributed by atoms with Crippen LogP contribution in [0.2, 0.25) is 0 Å². The molecule has 2 heterocycles. The molecule has 0 amide bonds. The molecule has 0 radical (unpaired) electrons. The summed E-state index contributed by atoms with van der Waals surface area (Å²) in [4.78, 5) is 27.5. The Labute approximate surface area is 109 Å². The highest BCUT2D eigenvalue weighted by Crippen LogP contribution is 2.27. The maximum absolute atomic E-state index is 11.8. The van der Waals surface area contributed by atoms with Crippen LogP contribution in [-0.2, 0) is 9.47 Å². The summed E-state index contributed by atoms with van der Waals surface area (Å²) in [7, 11) is 2.44. The Hall–Kier alpha value is -2.63. The molecule has 2 aromatic heterocycles. The molecule has 0 unspecified atom stereocenters. The summed E-state index contributed by atoms with van der Waals surface area (Å²) in [6, 6.07) is 5.13. The number of pyridine rings is 1. The van der Waals surface area contributed by atoms with E-state index in [1.165, 1.54) is 14.2 Å². The van der Waals surface area contributed by atoms with Gasteiger partial charge in [-0.15, -0.1) is 0 Å². The topological polar surface area (TPSA) is 78.6 Å². The molecular formula is C13H11NO5. The van der Waals surface area contributed by atoms with Gasteiger partial charge in [-0.2, -0.15) is 0 Å². The zero-order valence-electron chi connectivity index (χ0n) is 10.4. The zero-order valence-corrected chi connectivity index (χ0v) is 10.4. The third kappa shape index (κ3) is 2.33. The number of aromatic nitrogens is 1. The fraction of sp³-hybridized carbons (Fsp3) is 0.154. The number of ether oxygens (including phenoxy) is 2. The fourth-order valence-electron chi connectivity index (χ4n) is 1.61. The van der Waals surface area contributed by atoms with Crippen LogP contribution in [0.1, 0.15) is 20.7 Å². The smallest absolute Gasteiger partial charge is 0.342 e. The average Bonchev–Trinajstić information content (AvgIpc) is 2.91. The fourth-order valence-corrected chi connectivity index (χ4v) is 1.61. The molecule has 0 N–H and O–H groups in total. The Bertz CT molecular complexity index is 603. The van der Waals surface area contributed by atoms with Crippen LogP contribution in [-0.4, -0.2) is 31.1 Å². The Kier molecular flexibility index (Phi) is 3.61. The van der Waals surface area contributed by atoms with Crippen molar-refractivity contribution in [3.63, 3.8) is 0 Å². The van der Waals surface area contributed by atoms with E-state index in [1.54, 1.807) is 24.4 Å². The number of carbonyl (C=O) groups is 2. The molecule has 2 rings (SSSR count). The van der Waals surface area contributed by atoms with Gasteiger partial charge in [0, 0.05) is 6.20 Å². The van der Waals surface area contributed by atoms with Gasteiger partial charge in [0.25, 0.3) is 0 Å². The molecule has 0 aliphatic rings. The van der Waals surface area contributed by atoms with E-state index in [4.69, 9.17) is 4.42 Å². The van der Waals surface area contributed by atoms with Crippen molar-refractivity contribution in [1.82, 2.24) is 4.98 Å². The molecule has 0 aromatic carbocycles. The summed E-state index contributed by atoms with van der Waals surface area (Å²) in [5.41, 5.74) is 0.445. The van der Waals surface area contributed by atoms with Crippen molar-refractivity contribution >= 4 is 11.9 Å². The third-order valence-corrected chi connectivity index (χ3v) is 2.48. The first-order chi connectivity index (χ1) is 9.19. The van der Waals surface area contributed by atoms with Gasteiger partial charge in [-0.05, 0) is 12.1 Å². The number of rotatable bonds is 3. The van der Waals surface area contributed by atoms with Crippen LogP contribution in [0.15, 0.2) is 35.1 Å². The number of carbonyl (C=O) groups excluding carboxylic acids is 2. The van der Waals surface area contributed by atoms with Crippen LogP contribution >= 0.6 is 0 Å². The molecule has 0 aliphatic carbocycles. The molecule has 0 atom stereocenters. The van der Waals surface area contributed by atoms with Crippen LogP contribution in [0.5, 0.6) is 0 Å². The highest BCUT2D eigenvalue weighted by atomic mass is 16.5. The minimum absolute atomic E-state index is 0.00745. The minimum atomic E-state index is -0.685. The van der Waals surface area contributed by atoms with Crippen molar-refractivity contribution in [3.8, 4) is 11.5 Å². The largest absolute Gasteiger partial charge is 0.465 e. The molecule has 19 heavy (non-hydrogen) atoms. The van der Waals surface area contributed by atoms with Gasteiger partial charge in [0.05, 0.1) is 14.2 Å². The predicted molar refractivity (Wildman–Crippen MR) is 64.6 cm³/mol. The van der Waals surface area contributed by atoms with Crippen LogP contribution in [0.25, 0.3) is 11.5 Å². The third-order valence-electron chi connectivity index (χ3n) is 2.48. The Morgan fingerprint density at radius 3 is 2.47 bits per heavy atom. The normalized spacial score (nSPS) is 10.0. The van der Waals surface area contributed by atoms with E-state index in [1.807, 2.05) is 0 Å². The van der Waals surface area contributed by atoms with Gasteiger partial charge in [-0.1, -0.05) is 6.07 Å². The van der Waals surface area contributed by atoms with Crippen LogP contribution in [0, 0.1) is 0 Å². The van der Waals surface area contributed by atoms with E-state index in [-0.39, 0.29) is 16.9 Å². The van der Waals surface area contributed by atoms with Crippen molar-refractivity contribution < 1.29 is 23.5 Å². The van der Waals surface area contributed by atoms with Gasteiger partial charge >= 0.3 is 11.9 Å². The summed E-state index contributed by atoms with van der Waals surface area (Å²) >= 11 is 0. The summed E-state index contributed by atoms with van der Waals surface area (Å²) in [5, 5.41) is 0. The average molecular weight is 261 g/mol. The first-order valence-electron chi connectivity index (χ1n) is 5.38. The van der Waals surface area contributed by atoms with E-state index in [0.29, 0.717) is 5.69 Å². The lowest BCUT2D eigenvalue weighted by Crippen LogP contribution is -2.10. The van der Waals surface area contributed by atoms with Crippen molar-refractivity contribution in [2.24, 2.45) is 0 Å². The van der Waals surface area contributed by atoms with Crippen LogP contribution < -0.4 is 0 Å². The van der Waals surface area contributed by atoms with Crippen molar-refractivity contribution in [2.75, 3.05) is 14.2 Å². The molecule has 2 aromatic rings. The van der Waals surface area contributed by atoms with E-state index in [0.717, 1.165) is 6.26 Å². The molecule has 0 spiro atoms. The van der Waals surface area contributed by atoms with Gasteiger partial charge in [-0.25, -0.2) is 9.59 Å². The van der Waals surface area contributed by atoms with E-state index >= 15 is 0 Å². The number of hydrogen-bond acceptors (Lipinski definition) is 6. The van der Waals surface area contributed by atoms with Gasteiger partial charge in [-0.3, -0.25) is 4.98 Å². The highest BCUT2D eigenvalue weighted by molar-refractivity contribution is 6.06. The molecule has 98 valence electrons. The molecule has 0 saturated carbocycles. The van der Waals surface area contributed by atoms with Gasteiger partial charge < -0.3 is 13.9 Å². The Morgan fingerprint density at radius 1 is 1.16 bits per heavy atom. The van der Waals surface area contributed by atoms with Gasteiger partial charge in [0.2, 0.25) is 0 Å². The first-order valence-corrected chi connectivity index (χ1v) is 5.38. The molecule has 6 heteroatoms. The summed E-state index contributed by atoms with van der Waals surface area (Å²) < 4.78 is 14.5. The van der Waals surface area contributed by atoms with Crippen LogP contribution in [0.3, 0.4) is 0 Å². The van der Waals surface area contributed by atoms with Crippen molar-refractivity contribution in [2.45, 2.75) is 0 Å². The lowest BCUT2D eigenvalue weighted by atomic mass is 10.1. The van der Waals surface area contributed by atoms with Crippen molar-refractivity contribution in [3.05, 3.63) is 41.8 Å². The Balaban J connectivity index is 2.60. The second-order valence-corrected chi connectivity index (χ2v) is 3.55. The molecule has 0 saturated heterocycles. The number of hydrogen-bond donors (Lipinski definition) is 0. The molecule has 0 fully saturated rings. The number of methoxy groups -OCH3 is 2. The number of esters is 2. The monoisotopic (exact) mass is 261 g/mol. The standard InChI is InChI=1S/C13H11NO5/c1-17-12(15)8-7-19-11(10(8)13(16)18-2)9-5-3-4-6-14-9/h3-7H,1-2H3. The first kappa shape index (κ1) is 12.8. The predicted octanol–water partition coefficient (Wildman–Crippen LogP) is 1.91. The van der Waals surface area contributed by atoms with E-state index in [2.05, 4.69) is 14.5 Å². The minimum Gasteiger partial charge on any atom is -0.465 e. The lowest BCUT2D eigenvalue weighted by Gasteiger charge is -2.02. The zero-order chi connectivity index (χ0) is 13.8. The summed E-state index contributed by atoms with van der Waals surface area (Å²) in [6.07, 6.45) is 2.71.